The molecule has 0 aliphatic heterocycles. The van der Waals surface area contributed by atoms with Gasteiger partial charge in [0.15, 0.2) is 0 Å². The smallest absolute Gasteiger partial charge is 0.148 e. The first-order valence-corrected chi connectivity index (χ1v) is 4.49. The fourth-order valence-electron chi connectivity index (χ4n) is 1.60. The maximum atomic E-state index is 8.92. The fourth-order valence-corrected chi connectivity index (χ4v) is 1.60. The molecule has 0 atom stereocenters. The third kappa shape index (κ3) is 1.33. The van der Waals surface area contributed by atoms with Crippen molar-refractivity contribution in [1.29, 1.82) is 5.26 Å². The number of benzene rings is 1. The molecule has 0 bridgehead atoms. The van der Waals surface area contributed by atoms with E-state index in [1.807, 2.05) is 32.0 Å². The van der Waals surface area contributed by atoms with Crippen LogP contribution in [0.2, 0.25) is 0 Å². The number of nitrogens with zero attached hydrogens (tertiary/aromatic N) is 2. The predicted molar refractivity (Wildman–Crippen MR) is 55.9 cm³/mol. The van der Waals surface area contributed by atoms with Crippen LogP contribution >= 0.6 is 0 Å². The van der Waals surface area contributed by atoms with Gasteiger partial charge in [-0.3, -0.25) is 0 Å². The molecule has 0 saturated heterocycles. The maximum absolute atomic E-state index is 8.92. The average molecular weight is 182 g/mol. The Morgan fingerprint density at radius 2 is 2.00 bits per heavy atom. The maximum Gasteiger partial charge on any atom is 0.148 e. The van der Waals surface area contributed by atoms with Gasteiger partial charge >= 0.3 is 0 Å². The van der Waals surface area contributed by atoms with Crippen molar-refractivity contribution in [1.82, 2.24) is 4.98 Å². The minimum Gasteiger partial charge on any atom is -0.242 e. The lowest BCUT2D eigenvalue weighted by Gasteiger charge is -2.02. The summed E-state index contributed by atoms with van der Waals surface area (Å²) >= 11 is 0. The number of fused-ring (bicyclic) bond motifs is 1. The molecule has 0 N–H and O–H groups in total. The largest absolute Gasteiger partial charge is 0.242 e. The number of aromatic nitrogens is 1. The van der Waals surface area contributed by atoms with Gasteiger partial charge in [0.1, 0.15) is 11.8 Å². The number of aryl methyl sites for hydroxylation is 2. The molecule has 1 aromatic carbocycles. The van der Waals surface area contributed by atoms with Crippen molar-refractivity contribution in [2.45, 2.75) is 13.8 Å². The summed E-state index contributed by atoms with van der Waals surface area (Å²) in [5.74, 6) is 0. The highest BCUT2D eigenvalue weighted by atomic mass is 14.7. The van der Waals surface area contributed by atoms with E-state index >= 15 is 0 Å². The Bertz CT molecular complexity index is 530. The summed E-state index contributed by atoms with van der Waals surface area (Å²) in [6.07, 6.45) is 0. The lowest BCUT2D eigenvalue weighted by atomic mass is 10.1. The molecular formula is C12H10N2. The van der Waals surface area contributed by atoms with E-state index in [1.54, 1.807) is 0 Å². The third-order valence-corrected chi connectivity index (χ3v) is 2.22. The lowest BCUT2D eigenvalue weighted by Crippen LogP contribution is -1.89. The first-order chi connectivity index (χ1) is 6.70. The highest BCUT2D eigenvalue weighted by Crippen LogP contribution is 2.19. The van der Waals surface area contributed by atoms with Crippen LogP contribution in [0.5, 0.6) is 0 Å². The van der Waals surface area contributed by atoms with Crippen molar-refractivity contribution in [3.8, 4) is 6.07 Å². The Hall–Kier alpha value is -1.88. The van der Waals surface area contributed by atoms with Crippen LogP contribution in [0.25, 0.3) is 10.8 Å². The molecule has 0 unspecified atom stereocenters. The van der Waals surface area contributed by atoms with Gasteiger partial charge in [0.2, 0.25) is 0 Å². The first kappa shape index (κ1) is 8.71. The molecule has 2 aromatic rings. The van der Waals surface area contributed by atoms with Gasteiger partial charge in [0.25, 0.3) is 0 Å². The number of pyridine rings is 1. The van der Waals surface area contributed by atoms with Crippen LogP contribution in [-0.2, 0) is 0 Å². The second kappa shape index (κ2) is 3.12. The molecule has 0 aliphatic rings. The Morgan fingerprint density at radius 1 is 1.21 bits per heavy atom. The molecule has 0 amide bonds. The summed E-state index contributed by atoms with van der Waals surface area (Å²) < 4.78 is 0. The van der Waals surface area contributed by atoms with Crippen molar-refractivity contribution in [2.24, 2.45) is 0 Å². The summed E-state index contributed by atoms with van der Waals surface area (Å²) in [5.41, 5.74) is 2.60. The Kier molecular flexibility index (Phi) is 1.94. The van der Waals surface area contributed by atoms with Crippen molar-refractivity contribution in [3.05, 3.63) is 41.2 Å². The van der Waals surface area contributed by atoms with Gasteiger partial charge in [-0.2, -0.15) is 5.26 Å². The van der Waals surface area contributed by atoms with Gasteiger partial charge in [-0.25, -0.2) is 4.98 Å². The van der Waals surface area contributed by atoms with Crippen LogP contribution in [0.1, 0.15) is 17.0 Å². The highest BCUT2D eigenvalue weighted by molar-refractivity contribution is 5.87. The van der Waals surface area contributed by atoms with E-state index in [9.17, 15) is 0 Å². The quantitative estimate of drug-likeness (QED) is 0.628. The second-order valence-corrected chi connectivity index (χ2v) is 3.45. The van der Waals surface area contributed by atoms with Crippen molar-refractivity contribution >= 4 is 10.8 Å². The van der Waals surface area contributed by atoms with Crippen molar-refractivity contribution in [2.75, 3.05) is 0 Å². The van der Waals surface area contributed by atoms with E-state index in [0.29, 0.717) is 5.69 Å². The summed E-state index contributed by atoms with van der Waals surface area (Å²) in [6.45, 7) is 3.95. The zero-order valence-corrected chi connectivity index (χ0v) is 8.20. The summed E-state index contributed by atoms with van der Waals surface area (Å²) in [5, 5.41) is 10.9. The standard InChI is InChI=1S/C12H10N2/c1-8-3-4-11-10(5-8)6-9(2)14-12(11)7-13/h3-6H,1-2H3. The van der Waals surface area contributed by atoms with E-state index in [1.165, 1.54) is 5.56 Å². The van der Waals surface area contributed by atoms with Crippen molar-refractivity contribution in [3.63, 3.8) is 0 Å². The second-order valence-electron chi connectivity index (χ2n) is 3.45. The fraction of sp³-hybridized carbons (Fsp3) is 0.167. The molecular weight excluding hydrogens is 172 g/mol. The Balaban J connectivity index is 2.89. The van der Waals surface area contributed by atoms with E-state index in [-0.39, 0.29) is 0 Å². The van der Waals surface area contributed by atoms with E-state index in [0.717, 1.165) is 16.5 Å². The zero-order valence-electron chi connectivity index (χ0n) is 8.20. The van der Waals surface area contributed by atoms with Gasteiger partial charge in [-0.15, -0.1) is 0 Å². The van der Waals surface area contributed by atoms with Crippen molar-refractivity contribution < 1.29 is 0 Å². The van der Waals surface area contributed by atoms with Crippen LogP contribution in [0.4, 0.5) is 0 Å². The first-order valence-electron chi connectivity index (χ1n) is 4.49. The molecule has 14 heavy (non-hydrogen) atoms. The number of rotatable bonds is 0. The monoisotopic (exact) mass is 182 g/mol. The van der Waals surface area contributed by atoms with Crippen LogP contribution < -0.4 is 0 Å². The number of hydrogen-bond acceptors (Lipinski definition) is 2. The lowest BCUT2D eigenvalue weighted by molar-refractivity contribution is 1.19. The van der Waals surface area contributed by atoms with Gasteiger partial charge in [-0.05, 0) is 25.3 Å². The van der Waals surface area contributed by atoms with E-state index in [4.69, 9.17) is 5.26 Å². The van der Waals surface area contributed by atoms with Gasteiger partial charge in [0, 0.05) is 11.1 Å². The van der Waals surface area contributed by atoms with Crippen LogP contribution in [0, 0.1) is 25.2 Å². The van der Waals surface area contributed by atoms with Gasteiger partial charge in [-0.1, -0.05) is 23.8 Å². The zero-order chi connectivity index (χ0) is 10.1. The predicted octanol–water partition coefficient (Wildman–Crippen LogP) is 2.72. The number of nitriles is 1. The minimum absolute atomic E-state index is 0.514. The Labute approximate surface area is 82.8 Å². The average Bonchev–Trinajstić information content (AvgIpc) is 2.15. The SMILES string of the molecule is Cc1ccc2c(C#N)nc(C)cc2c1. The molecule has 2 nitrogen and oxygen atoms in total. The summed E-state index contributed by atoms with van der Waals surface area (Å²) in [6, 6.07) is 10.2. The van der Waals surface area contributed by atoms with Gasteiger partial charge < -0.3 is 0 Å². The molecule has 1 aromatic heterocycles. The van der Waals surface area contributed by atoms with Crippen LogP contribution in [0.3, 0.4) is 0 Å². The minimum atomic E-state index is 0.514. The van der Waals surface area contributed by atoms with Crippen LogP contribution in [-0.4, -0.2) is 4.98 Å². The topological polar surface area (TPSA) is 36.7 Å². The number of hydrogen-bond donors (Lipinski definition) is 0. The molecule has 0 radical (unpaired) electrons. The van der Waals surface area contributed by atoms with E-state index in [2.05, 4.69) is 17.1 Å². The molecule has 0 saturated carbocycles. The van der Waals surface area contributed by atoms with Crippen LogP contribution in [0.15, 0.2) is 24.3 Å². The molecule has 0 spiro atoms. The summed E-state index contributed by atoms with van der Waals surface area (Å²) in [4.78, 5) is 4.19. The Morgan fingerprint density at radius 3 is 2.71 bits per heavy atom. The molecule has 2 rings (SSSR count). The van der Waals surface area contributed by atoms with E-state index < -0.39 is 0 Å². The molecule has 2 heteroatoms. The molecule has 1 heterocycles. The van der Waals surface area contributed by atoms with Gasteiger partial charge in [0.05, 0.1) is 0 Å². The molecule has 68 valence electrons. The molecule has 0 fully saturated rings. The summed E-state index contributed by atoms with van der Waals surface area (Å²) in [7, 11) is 0. The highest BCUT2D eigenvalue weighted by Gasteiger charge is 2.02. The molecule has 0 aliphatic carbocycles. The normalized spacial score (nSPS) is 10.1. The third-order valence-electron chi connectivity index (χ3n) is 2.22.